The smallest absolute Gasteiger partial charge is 0.123 e. The molecule has 1 aliphatic rings. The highest BCUT2D eigenvalue weighted by Gasteiger charge is 2.16. The topological polar surface area (TPSA) is 39.1 Å². The Labute approximate surface area is 107 Å². The minimum Gasteiger partial charge on any atom is -0.313 e. The van der Waals surface area contributed by atoms with Crippen molar-refractivity contribution in [3.05, 3.63) is 35.1 Å². The van der Waals surface area contributed by atoms with Gasteiger partial charge in [-0.1, -0.05) is 0 Å². The average molecular weight is 247 g/mol. The van der Waals surface area contributed by atoms with Crippen LogP contribution in [0.25, 0.3) is 0 Å². The maximum atomic E-state index is 13.2. The molecule has 3 nitrogen and oxygen atoms in total. The first kappa shape index (κ1) is 13.0. The SMILES string of the molecule is CN(Cc1cc(F)ccc1C#N)CC1CCCN1. The third kappa shape index (κ3) is 3.28. The largest absolute Gasteiger partial charge is 0.313 e. The third-order valence-corrected chi connectivity index (χ3v) is 3.32. The summed E-state index contributed by atoms with van der Waals surface area (Å²) in [5.41, 5.74) is 1.32. The van der Waals surface area contributed by atoms with Crippen molar-refractivity contribution in [1.82, 2.24) is 10.2 Å². The fourth-order valence-corrected chi connectivity index (χ4v) is 2.45. The number of likely N-dealkylation sites (N-methyl/N-ethyl adjacent to an activating group) is 1. The second kappa shape index (κ2) is 5.94. The van der Waals surface area contributed by atoms with E-state index < -0.39 is 0 Å². The Balaban J connectivity index is 1.99. The molecule has 0 amide bonds. The van der Waals surface area contributed by atoms with Gasteiger partial charge >= 0.3 is 0 Å². The van der Waals surface area contributed by atoms with E-state index in [-0.39, 0.29) is 5.82 Å². The van der Waals surface area contributed by atoms with Gasteiger partial charge in [0.1, 0.15) is 5.82 Å². The molecule has 0 aliphatic carbocycles. The van der Waals surface area contributed by atoms with Crippen LogP contribution in [-0.2, 0) is 6.54 Å². The van der Waals surface area contributed by atoms with E-state index in [1.807, 2.05) is 7.05 Å². The summed E-state index contributed by atoms with van der Waals surface area (Å²) in [7, 11) is 2.01. The van der Waals surface area contributed by atoms with E-state index in [0.717, 1.165) is 18.7 Å². The first-order chi connectivity index (χ1) is 8.69. The number of nitrogens with zero attached hydrogens (tertiary/aromatic N) is 2. The van der Waals surface area contributed by atoms with Crippen LogP contribution in [0.4, 0.5) is 4.39 Å². The molecule has 0 spiro atoms. The molecule has 1 saturated heterocycles. The van der Waals surface area contributed by atoms with E-state index in [0.29, 0.717) is 18.2 Å². The van der Waals surface area contributed by atoms with Gasteiger partial charge in [0.25, 0.3) is 0 Å². The van der Waals surface area contributed by atoms with Crippen molar-refractivity contribution in [1.29, 1.82) is 5.26 Å². The fraction of sp³-hybridized carbons (Fsp3) is 0.500. The van der Waals surface area contributed by atoms with Crippen molar-refractivity contribution in [2.45, 2.75) is 25.4 Å². The first-order valence-electron chi connectivity index (χ1n) is 6.29. The fourth-order valence-electron chi connectivity index (χ4n) is 2.45. The van der Waals surface area contributed by atoms with E-state index in [1.165, 1.54) is 25.0 Å². The number of rotatable bonds is 4. The maximum Gasteiger partial charge on any atom is 0.123 e. The highest BCUT2D eigenvalue weighted by molar-refractivity contribution is 5.37. The molecule has 96 valence electrons. The molecule has 18 heavy (non-hydrogen) atoms. The minimum absolute atomic E-state index is 0.281. The molecule has 0 bridgehead atoms. The van der Waals surface area contributed by atoms with Crippen LogP contribution >= 0.6 is 0 Å². The summed E-state index contributed by atoms with van der Waals surface area (Å²) < 4.78 is 13.2. The molecule has 0 radical (unpaired) electrons. The molecule has 1 aromatic rings. The number of hydrogen-bond donors (Lipinski definition) is 1. The lowest BCUT2D eigenvalue weighted by Gasteiger charge is -2.21. The molecule has 1 atom stereocenters. The molecule has 1 fully saturated rings. The Hall–Kier alpha value is -1.44. The van der Waals surface area contributed by atoms with Crippen molar-refractivity contribution >= 4 is 0 Å². The monoisotopic (exact) mass is 247 g/mol. The van der Waals surface area contributed by atoms with Crippen molar-refractivity contribution in [2.24, 2.45) is 0 Å². The van der Waals surface area contributed by atoms with Crippen LogP contribution in [0.5, 0.6) is 0 Å². The second-order valence-electron chi connectivity index (χ2n) is 4.90. The zero-order valence-corrected chi connectivity index (χ0v) is 10.6. The summed E-state index contributed by atoms with van der Waals surface area (Å²) in [6.07, 6.45) is 2.42. The quantitative estimate of drug-likeness (QED) is 0.883. The van der Waals surface area contributed by atoms with Gasteiger partial charge < -0.3 is 10.2 Å². The predicted octanol–water partition coefficient (Wildman–Crippen LogP) is 1.88. The van der Waals surface area contributed by atoms with Crippen LogP contribution in [0.3, 0.4) is 0 Å². The first-order valence-corrected chi connectivity index (χ1v) is 6.29. The zero-order valence-electron chi connectivity index (χ0n) is 10.6. The minimum atomic E-state index is -0.281. The molecule has 1 N–H and O–H groups in total. The number of hydrogen-bond acceptors (Lipinski definition) is 3. The van der Waals surface area contributed by atoms with E-state index in [4.69, 9.17) is 5.26 Å². The number of halogens is 1. The molecule has 0 saturated carbocycles. The van der Waals surface area contributed by atoms with Crippen LogP contribution in [0.15, 0.2) is 18.2 Å². The third-order valence-electron chi connectivity index (χ3n) is 3.32. The Morgan fingerprint density at radius 2 is 2.39 bits per heavy atom. The molecule has 1 aliphatic heterocycles. The van der Waals surface area contributed by atoms with Gasteiger partial charge in [-0.25, -0.2) is 4.39 Å². The zero-order chi connectivity index (χ0) is 13.0. The summed E-state index contributed by atoms with van der Waals surface area (Å²) in [5, 5.41) is 12.4. The average Bonchev–Trinajstić information content (AvgIpc) is 2.82. The van der Waals surface area contributed by atoms with Crippen LogP contribution in [-0.4, -0.2) is 31.1 Å². The standard InChI is InChI=1S/C14H18FN3/c1-18(10-14-3-2-6-17-14)9-12-7-13(15)5-4-11(12)8-16/h4-5,7,14,17H,2-3,6,9-10H2,1H3. The van der Waals surface area contributed by atoms with Gasteiger partial charge in [-0.15, -0.1) is 0 Å². The Morgan fingerprint density at radius 1 is 1.56 bits per heavy atom. The van der Waals surface area contributed by atoms with Gasteiger partial charge in [0.2, 0.25) is 0 Å². The normalized spacial score (nSPS) is 19.1. The molecule has 4 heteroatoms. The lowest BCUT2D eigenvalue weighted by atomic mass is 10.1. The van der Waals surface area contributed by atoms with Crippen molar-refractivity contribution < 1.29 is 4.39 Å². The summed E-state index contributed by atoms with van der Waals surface area (Å²) in [6, 6.07) is 6.97. The van der Waals surface area contributed by atoms with Crippen LogP contribution in [0, 0.1) is 17.1 Å². The number of benzene rings is 1. The Bertz CT molecular complexity index is 447. The van der Waals surface area contributed by atoms with Gasteiger partial charge in [0, 0.05) is 19.1 Å². The highest BCUT2D eigenvalue weighted by atomic mass is 19.1. The van der Waals surface area contributed by atoms with Gasteiger partial charge in [0.05, 0.1) is 11.6 Å². The van der Waals surface area contributed by atoms with Gasteiger partial charge in [-0.05, 0) is 50.2 Å². The Morgan fingerprint density at radius 3 is 3.06 bits per heavy atom. The molecule has 2 rings (SSSR count). The summed E-state index contributed by atoms with van der Waals surface area (Å²) in [4.78, 5) is 2.14. The van der Waals surface area contributed by atoms with Crippen molar-refractivity contribution in [2.75, 3.05) is 20.1 Å². The number of nitriles is 1. The Kier molecular flexibility index (Phi) is 4.29. The van der Waals surface area contributed by atoms with Crippen molar-refractivity contribution in [3.63, 3.8) is 0 Å². The summed E-state index contributed by atoms with van der Waals surface area (Å²) in [5.74, 6) is -0.281. The number of nitrogens with one attached hydrogen (secondary N) is 1. The van der Waals surface area contributed by atoms with Crippen LogP contribution < -0.4 is 5.32 Å². The van der Waals surface area contributed by atoms with E-state index in [2.05, 4.69) is 16.3 Å². The summed E-state index contributed by atoms with van der Waals surface area (Å²) >= 11 is 0. The van der Waals surface area contributed by atoms with E-state index in [9.17, 15) is 4.39 Å². The molecule has 1 heterocycles. The van der Waals surface area contributed by atoms with Gasteiger partial charge in [-0.3, -0.25) is 0 Å². The molecular weight excluding hydrogens is 229 g/mol. The van der Waals surface area contributed by atoms with E-state index in [1.54, 1.807) is 6.07 Å². The van der Waals surface area contributed by atoms with Crippen molar-refractivity contribution in [3.8, 4) is 6.07 Å². The maximum absolute atomic E-state index is 13.2. The molecule has 1 aromatic carbocycles. The lowest BCUT2D eigenvalue weighted by molar-refractivity contribution is 0.292. The highest BCUT2D eigenvalue weighted by Crippen LogP contribution is 2.14. The van der Waals surface area contributed by atoms with Crippen LogP contribution in [0.1, 0.15) is 24.0 Å². The van der Waals surface area contributed by atoms with Crippen LogP contribution in [0.2, 0.25) is 0 Å². The molecule has 1 unspecified atom stereocenters. The second-order valence-corrected chi connectivity index (χ2v) is 4.90. The van der Waals surface area contributed by atoms with Gasteiger partial charge in [0.15, 0.2) is 0 Å². The predicted molar refractivity (Wildman–Crippen MR) is 68.5 cm³/mol. The molecule has 0 aromatic heterocycles. The lowest BCUT2D eigenvalue weighted by Crippen LogP contribution is -2.35. The van der Waals surface area contributed by atoms with E-state index >= 15 is 0 Å². The molecular formula is C14H18FN3. The van der Waals surface area contributed by atoms with Gasteiger partial charge in [-0.2, -0.15) is 5.26 Å². The summed E-state index contributed by atoms with van der Waals surface area (Å²) in [6.45, 7) is 2.63.